The van der Waals surface area contributed by atoms with Crippen LogP contribution in [0.25, 0.3) is 0 Å². The van der Waals surface area contributed by atoms with Crippen molar-refractivity contribution in [1.82, 2.24) is 9.97 Å². The summed E-state index contributed by atoms with van der Waals surface area (Å²) in [5, 5.41) is 19.3. The van der Waals surface area contributed by atoms with Gasteiger partial charge in [-0.1, -0.05) is 18.9 Å². The van der Waals surface area contributed by atoms with Gasteiger partial charge < -0.3 is 10.0 Å². The van der Waals surface area contributed by atoms with Gasteiger partial charge in [-0.15, -0.1) is 0 Å². The van der Waals surface area contributed by atoms with Crippen molar-refractivity contribution in [2.24, 2.45) is 0 Å². The number of nitrogens with zero attached hydrogens (tertiary/aromatic N) is 5. The average molecular weight is 384 g/mol. The lowest BCUT2D eigenvalue weighted by Crippen LogP contribution is -2.57. The van der Waals surface area contributed by atoms with Crippen LogP contribution in [0.3, 0.4) is 0 Å². The number of rotatable bonds is 3. The largest absolute Gasteiger partial charge is 0.394 e. The molecule has 1 amide bonds. The minimum atomic E-state index is -0.752. The van der Waals surface area contributed by atoms with Crippen LogP contribution in [0.5, 0.6) is 0 Å². The van der Waals surface area contributed by atoms with E-state index in [0.29, 0.717) is 22.8 Å². The number of carbonyl (C=O) groups excluding carboxylic acids is 1. The number of halogens is 1. The highest BCUT2D eigenvalue weighted by atomic mass is 35.5. The minimum absolute atomic E-state index is 0.0912. The summed E-state index contributed by atoms with van der Waals surface area (Å²) in [6, 6.07) is 8.23. The van der Waals surface area contributed by atoms with E-state index in [-0.39, 0.29) is 23.8 Å². The zero-order valence-electron chi connectivity index (χ0n) is 14.5. The molecule has 1 aliphatic carbocycles. The Morgan fingerprint density at radius 2 is 2.11 bits per heavy atom. The molecule has 0 bridgehead atoms. The maximum atomic E-state index is 13.3. The van der Waals surface area contributed by atoms with Gasteiger partial charge in [-0.05, 0) is 42.6 Å². The molecule has 2 aliphatic rings. The van der Waals surface area contributed by atoms with Crippen LogP contribution in [0.1, 0.15) is 31.2 Å². The lowest BCUT2D eigenvalue weighted by molar-refractivity contribution is -0.120. The molecule has 1 N–H and O–H groups in total. The highest BCUT2D eigenvalue weighted by Crippen LogP contribution is 2.42. The number of fused-ring (bicyclic) bond motifs is 1. The van der Waals surface area contributed by atoms with Gasteiger partial charge in [0.05, 0.1) is 30.1 Å². The third-order valence-electron chi connectivity index (χ3n) is 5.17. The third kappa shape index (κ3) is 3.01. The molecule has 1 saturated carbocycles. The first kappa shape index (κ1) is 17.7. The van der Waals surface area contributed by atoms with Crippen LogP contribution in [0.4, 0.5) is 17.2 Å². The fourth-order valence-electron chi connectivity index (χ4n) is 3.98. The monoisotopic (exact) mass is 383 g/mol. The predicted molar refractivity (Wildman–Crippen MR) is 101 cm³/mol. The number of aliphatic hydroxyl groups is 1. The van der Waals surface area contributed by atoms with E-state index in [1.54, 1.807) is 24.3 Å². The van der Waals surface area contributed by atoms with E-state index in [0.717, 1.165) is 25.7 Å². The highest BCUT2D eigenvalue weighted by Gasteiger charge is 2.43. The second-order valence-corrected chi connectivity index (χ2v) is 7.07. The van der Waals surface area contributed by atoms with Crippen LogP contribution in [-0.4, -0.2) is 39.7 Å². The molecule has 2 aromatic rings. The summed E-state index contributed by atoms with van der Waals surface area (Å²) < 4.78 is 0. The normalized spacial score (nSPS) is 19.9. The molecule has 0 spiro atoms. The van der Waals surface area contributed by atoms with E-state index in [1.165, 1.54) is 11.1 Å². The van der Waals surface area contributed by atoms with Crippen molar-refractivity contribution in [3.05, 3.63) is 41.3 Å². The third-order valence-corrected chi connectivity index (χ3v) is 5.35. The Bertz CT molecular complexity index is 923. The molecule has 8 heteroatoms. The number of hydrogen-bond donors (Lipinski definition) is 1. The average Bonchev–Trinajstić information content (AvgIpc) is 3.21. The molecule has 1 aromatic carbocycles. The van der Waals surface area contributed by atoms with Crippen molar-refractivity contribution < 1.29 is 9.90 Å². The van der Waals surface area contributed by atoms with E-state index in [4.69, 9.17) is 11.6 Å². The van der Waals surface area contributed by atoms with E-state index >= 15 is 0 Å². The van der Waals surface area contributed by atoms with Crippen molar-refractivity contribution in [2.75, 3.05) is 16.4 Å². The van der Waals surface area contributed by atoms with Gasteiger partial charge >= 0.3 is 0 Å². The summed E-state index contributed by atoms with van der Waals surface area (Å²) >= 11 is 6.06. The summed E-state index contributed by atoms with van der Waals surface area (Å²) in [6.45, 7) is -0.329. The predicted octanol–water partition coefficient (Wildman–Crippen LogP) is 2.79. The number of aliphatic hydroxyl groups excluding tert-OH is 1. The van der Waals surface area contributed by atoms with Gasteiger partial charge in [0.1, 0.15) is 11.7 Å². The fourth-order valence-corrected chi connectivity index (χ4v) is 4.11. The Morgan fingerprint density at radius 3 is 2.81 bits per heavy atom. The first-order valence-corrected chi connectivity index (χ1v) is 9.27. The van der Waals surface area contributed by atoms with Crippen LogP contribution < -0.4 is 9.80 Å². The van der Waals surface area contributed by atoms with Crippen LogP contribution >= 0.6 is 11.6 Å². The summed E-state index contributed by atoms with van der Waals surface area (Å²) in [7, 11) is 0. The van der Waals surface area contributed by atoms with Crippen LogP contribution in [0.2, 0.25) is 5.28 Å². The molecule has 138 valence electrons. The van der Waals surface area contributed by atoms with Crippen LogP contribution in [0, 0.1) is 11.3 Å². The summed E-state index contributed by atoms with van der Waals surface area (Å²) in [5.41, 5.74) is 1.49. The molecule has 4 rings (SSSR count). The topological polar surface area (TPSA) is 93.3 Å². The summed E-state index contributed by atoms with van der Waals surface area (Å²) in [5.74, 6) is 0.279. The van der Waals surface area contributed by atoms with Crippen LogP contribution in [-0.2, 0) is 4.79 Å². The van der Waals surface area contributed by atoms with Gasteiger partial charge in [0.25, 0.3) is 5.91 Å². The van der Waals surface area contributed by atoms with Gasteiger partial charge in [-0.3, -0.25) is 9.69 Å². The number of benzene rings is 1. The number of nitriles is 1. The molecule has 0 radical (unpaired) electrons. The molecule has 0 saturated heterocycles. The summed E-state index contributed by atoms with van der Waals surface area (Å²) in [4.78, 5) is 25.2. The van der Waals surface area contributed by atoms with E-state index in [1.807, 2.05) is 4.90 Å². The second-order valence-electron chi connectivity index (χ2n) is 6.73. The zero-order valence-corrected chi connectivity index (χ0v) is 15.3. The molecule has 27 heavy (non-hydrogen) atoms. The molecule has 2 heterocycles. The molecule has 7 nitrogen and oxygen atoms in total. The molecule has 1 aromatic heterocycles. The first-order chi connectivity index (χ1) is 13.1. The molecular formula is C19H18ClN5O2. The van der Waals surface area contributed by atoms with Crippen molar-refractivity contribution in [2.45, 2.75) is 37.8 Å². The molecule has 1 fully saturated rings. The Balaban J connectivity index is 1.89. The maximum absolute atomic E-state index is 13.3. The van der Waals surface area contributed by atoms with Gasteiger partial charge in [0.2, 0.25) is 5.28 Å². The molecule has 1 unspecified atom stereocenters. The number of aromatic nitrogens is 2. The quantitative estimate of drug-likeness (QED) is 0.819. The van der Waals surface area contributed by atoms with Crippen molar-refractivity contribution in [3.8, 4) is 6.07 Å². The number of carbonyl (C=O) groups is 1. The van der Waals surface area contributed by atoms with Crippen molar-refractivity contribution >= 4 is 34.7 Å². The molecule has 1 atom stereocenters. The number of amides is 1. The Morgan fingerprint density at radius 1 is 1.33 bits per heavy atom. The number of hydrogen-bond acceptors (Lipinski definition) is 6. The Labute approximate surface area is 161 Å². The van der Waals surface area contributed by atoms with Gasteiger partial charge in [-0.25, -0.2) is 4.98 Å². The van der Waals surface area contributed by atoms with E-state index < -0.39 is 6.04 Å². The lowest BCUT2D eigenvalue weighted by Gasteiger charge is -2.44. The van der Waals surface area contributed by atoms with Crippen molar-refractivity contribution in [1.29, 1.82) is 5.26 Å². The highest BCUT2D eigenvalue weighted by molar-refractivity contribution is 6.28. The second kappa shape index (κ2) is 7.14. The van der Waals surface area contributed by atoms with Gasteiger partial charge in [0, 0.05) is 6.04 Å². The van der Waals surface area contributed by atoms with Gasteiger partial charge in [-0.2, -0.15) is 10.2 Å². The fraction of sp³-hybridized carbons (Fsp3) is 0.368. The minimum Gasteiger partial charge on any atom is -0.394 e. The standard InChI is InChI=1S/C19H18ClN5O2/c20-19-22-10-15-17(23-19)24(13-5-1-2-6-13)16(11-26)18(27)25(15)14-7-3-4-12(8-14)9-21/h3-4,7-8,10,13,16,26H,1-2,5-6,11H2. The number of anilines is 3. The lowest BCUT2D eigenvalue weighted by atomic mass is 10.0. The van der Waals surface area contributed by atoms with Gasteiger partial charge in [0.15, 0.2) is 5.82 Å². The SMILES string of the molecule is N#Cc1cccc(N2C(=O)C(CO)N(C3CCCC3)c3nc(Cl)ncc32)c1. The molecular weight excluding hydrogens is 366 g/mol. The smallest absolute Gasteiger partial charge is 0.256 e. The Kier molecular flexibility index (Phi) is 4.68. The van der Waals surface area contributed by atoms with Crippen molar-refractivity contribution in [3.63, 3.8) is 0 Å². The Hall–Kier alpha value is -2.69. The zero-order chi connectivity index (χ0) is 19.0. The molecule has 1 aliphatic heterocycles. The maximum Gasteiger partial charge on any atom is 0.256 e. The van der Waals surface area contributed by atoms with E-state index in [9.17, 15) is 15.2 Å². The first-order valence-electron chi connectivity index (χ1n) is 8.90. The summed E-state index contributed by atoms with van der Waals surface area (Å²) in [6.07, 6.45) is 5.56. The van der Waals surface area contributed by atoms with E-state index in [2.05, 4.69) is 16.0 Å². The van der Waals surface area contributed by atoms with Crippen LogP contribution in [0.15, 0.2) is 30.5 Å².